The fraction of sp³-hybridized carbons (Fsp3) is 0.417. The van der Waals surface area contributed by atoms with Crippen molar-refractivity contribution in [1.29, 1.82) is 0 Å². The van der Waals surface area contributed by atoms with Crippen molar-refractivity contribution in [1.82, 2.24) is 9.80 Å². The first-order chi connectivity index (χ1) is 14.7. The summed E-state index contributed by atoms with van der Waals surface area (Å²) in [5.74, 6) is -0.270. The molecule has 1 atom stereocenters. The summed E-state index contributed by atoms with van der Waals surface area (Å²) in [7, 11) is 0. The first-order valence-corrected chi connectivity index (χ1v) is 10.8. The number of anilines is 1. The summed E-state index contributed by atoms with van der Waals surface area (Å²) in [6.45, 7) is 5.36. The maximum atomic E-state index is 12.8. The maximum absolute atomic E-state index is 12.8. The zero-order valence-corrected chi connectivity index (χ0v) is 17.1. The van der Waals surface area contributed by atoms with Crippen LogP contribution in [-0.2, 0) is 20.7 Å². The van der Waals surface area contributed by atoms with Gasteiger partial charge in [0.1, 0.15) is 0 Å². The minimum absolute atomic E-state index is 0.0623. The quantitative estimate of drug-likeness (QED) is 0.708. The highest BCUT2D eigenvalue weighted by atomic mass is 16.5. The molecular weight excluding hydrogens is 378 g/mol. The van der Waals surface area contributed by atoms with Crippen molar-refractivity contribution in [3.05, 3.63) is 53.6 Å². The Hall–Kier alpha value is -2.70. The summed E-state index contributed by atoms with van der Waals surface area (Å²) >= 11 is 0. The Labute approximate surface area is 176 Å². The Morgan fingerprint density at radius 3 is 2.70 bits per heavy atom. The van der Waals surface area contributed by atoms with E-state index in [0.29, 0.717) is 19.5 Å². The molecule has 0 radical (unpaired) electrons. The summed E-state index contributed by atoms with van der Waals surface area (Å²) in [4.78, 5) is 29.4. The van der Waals surface area contributed by atoms with Crippen LogP contribution in [0.4, 0.5) is 5.69 Å². The van der Waals surface area contributed by atoms with Gasteiger partial charge in [0.25, 0.3) is 0 Å². The molecule has 2 aliphatic heterocycles. The van der Waals surface area contributed by atoms with Crippen LogP contribution in [0.1, 0.15) is 17.5 Å². The van der Waals surface area contributed by atoms with Gasteiger partial charge in [0, 0.05) is 44.8 Å². The van der Waals surface area contributed by atoms with Crippen LogP contribution < -0.4 is 5.32 Å². The minimum Gasteiger partial charge on any atom is -0.379 e. The average molecular weight is 405 g/mol. The number of amides is 2. The van der Waals surface area contributed by atoms with Crippen LogP contribution in [0, 0.1) is 5.92 Å². The third-order valence-corrected chi connectivity index (χ3v) is 6.44. The van der Waals surface area contributed by atoms with Crippen molar-refractivity contribution in [3.8, 4) is 11.1 Å². The Morgan fingerprint density at radius 2 is 1.83 bits per heavy atom. The van der Waals surface area contributed by atoms with Gasteiger partial charge in [-0.3, -0.25) is 14.5 Å². The average Bonchev–Trinajstić information content (AvgIpc) is 3.32. The molecule has 0 aromatic heterocycles. The molecule has 2 fully saturated rings. The van der Waals surface area contributed by atoms with Gasteiger partial charge in [0.05, 0.1) is 19.1 Å². The van der Waals surface area contributed by atoms with Gasteiger partial charge in [-0.15, -0.1) is 0 Å². The lowest BCUT2D eigenvalue weighted by molar-refractivity contribution is -0.128. The van der Waals surface area contributed by atoms with Crippen molar-refractivity contribution in [3.63, 3.8) is 0 Å². The van der Waals surface area contributed by atoms with E-state index in [4.69, 9.17) is 4.74 Å². The molecule has 1 aliphatic carbocycles. The van der Waals surface area contributed by atoms with Crippen LogP contribution in [0.3, 0.4) is 0 Å². The number of likely N-dealkylation sites (tertiary alicyclic amines) is 1. The summed E-state index contributed by atoms with van der Waals surface area (Å²) in [5, 5.41) is 3.04. The van der Waals surface area contributed by atoms with Gasteiger partial charge in [-0.05, 0) is 40.8 Å². The molecule has 30 heavy (non-hydrogen) atoms. The molecule has 6 nitrogen and oxygen atoms in total. The van der Waals surface area contributed by atoms with Crippen molar-refractivity contribution < 1.29 is 14.3 Å². The zero-order valence-electron chi connectivity index (χ0n) is 17.1. The summed E-state index contributed by atoms with van der Waals surface area (Å²) in [6.07, 6.45) is 1.19. The Kier molecular flexibility index (Phi) is 5.27. The molecule has 3 aliphatic rings. The predicted octanol–water partition coefficient (Wildman–Crippen LogP) is 2.38. The van der Waals surface area contributed by atoms with E-state index in [1.54, 1.807) is 0 Å². The zero-order chi connectivity index (χ0) is 20.5. The lowest BCUT2D eigenvalue weighted by atomic mass is 10.0. The van der Waals surface area contributed by atoms with Gasteiger partial charge in [-0.2, -0.15) is 0 Å². The smallest absolute Gasteiger partial charge is 0.229 e. The number of benzene rings is 2. The third kappa shape index (κ3) is 3.85. The van der Waals surface area contributed by atoms with Crippen LogP contribution in [0.2, 0.25) is 0 Å². The second-order valence-corrected chi connectivity index (χ2v) is 8.39. The molecule has 1 unspecified atom stereocenters. The first kappa shape index (κ1) is 19.3. The first-order valence-electron chi connectivity index (χ1n) is 10.8. The second-order valence-electron chi connectivity index (χ2n) is 8.39. The van der Waals surface area contributed by atoms with E-state index in [1.807, 2.05) is 11.0 Å². The highest BCUT2D eigenvalue weighted by Crippen LogP contribution is 2.37. The van der Waals surface area contributed by atoms with E-state index < -0.39 is 0 Å². The molecule has 2 heterocycles. The van der Waals surface area contributed by atoms with E-state index in [-0.39, 0.29) is 17.7 Å². The second kappa shape index (κ2) is 8.20. The third-order valence-electron chi connectivity index (χ3n) is 6.44. The molecule has 2 aromatic carbocycles. The molecule has 2 aromatic rings. The molecule has 0 bridgehead atoms. The van der Waals surface area contributed by atoms with Crippen molar-refractivity contribution >= 4 is 17.5 Å². The normalized spacial score (nSPS) is 20.9. The Bertz CT molecular complexity index is 968. The Balaban J connectivity index is 1.18. The van der Waals surface area contributed by atoms with Gasteiger partial charge in [0.2, 0.25) is 11.8 Å². The number of nitrogens with one attached hydrogen (secondary N) is 1. The number of hydrogen-bond donors (Lipinski definition) is 1. The van der Waals surface area contributed by atoms with Gasteiger partial charge in [-0.1, -0.05) is 30.3 Å². The van der Waals surface area contributed by atoms with Crippen molar-refractivity contribution in [2.75, 3.05) is 51.3 Å². The van der Waals surface area contributed by atoms with Crippen molar-refractivity contribution in [2.24, 2.45) is 5.92 Å². The van der Waals surface area contributed by atoms with Gasteiger partial charge >= 0.3 is 0 Å². The van der Waals surface area contributed by atoms with Gasteiger partial charge < -0.3 is 15.0 Å². The number of morpholine rings is 1. The predicted molar refractivity (Wildman–Crippen MR) is 115 cm³/mol. The molecule has 6 heteroatoms. The standard InChI is InChI=1S/C24H27N3O3/c28-23-15-19(16-27(23)8-7-26-9-11-30-12-10-26)24(29)25-20-5-6-22-18(14-20)13-17-3-1-2-4-21(17)22/h1-6,14,19H,7-13,15-16H2,(H,25,29). The lowest BCUT2D eigenvalue weighted by Crippen LogP contribution is -2.42. The summed E-state index contributed by atoms with van der Waals surface area (Å²) < 4.78 is 5.37. The highest BCUT2D eigenvalue weighted by Gasteiger charge is 2.34. The number of rotatable bonds is 5. The molecule has 156 valence electrons. The van der Waals surface area contributed by atoms with E-state index in [2.05, 4.69) is 46.6 Å². The molecule has 0 saturated carbocycles. The van der Waals surface area contributed by atoms with Gasteiger partial charge in [-0.25, -0.2) is 0 Å². The molecule has 2 saturated heterocycles. The molecule has 0 spiro atoms. The summed E-state index contributed by atoms with van der Waals surface area (Å²) in [5.41, 5.74) is 5.90. The van der Waals surface area contributed by atoms with E-state index in [9.17, 15) is 9.59 Å². The van der Waals surface area contributed by atoms with Crippen LogP contribution in [0.5, 0.6) is 0 Å². The van der Waals surface area contributed by atoms with Gasteiger partial charge in [0.15, 0.2) is 0 Å². The fourth-order valence-electron chi connectivity index (χ4n) is 4.72. The lowest BCUT2D eigenvalue weighted by Gasteiger charge is -2.28. The number of carbonyl (C=O) groups excluding carboxylic acids is 2. The number of nitrogens with zero attached hydrogens (tertiary/aromatic N) is 2. The summed E-state index contributed by atoms with van der Waals surface area (Å²) in [6, 6.07) is 14.6. The largest absolute Gasteiger partial charge is 0.379 e. The van der Waals surface area contributed by atoms with E-state index >= 15 is 0 Å². The number of ether oxygens (including phenoxy) is 1. The Morgan fingerprint density at radius 1 is 1.03 bits per heavy atom. The van der Waals surface area contributed by atoms with Crippen LogP contribution in [0.15, 0.2) is 42.5 Å². The highest BCUT2D eigenvalue weighted by molar-refractivity contribution is 5.97. The monoisotopic (exact) mass is 405 g/mol. The molecule has 2 amide bonds. The number of fused-ring (bicyclic) bond motifs is 3. The van der Waals surface area contributed by atoms with Crippen LogP contribution in [0.25, 0.3) is 11.1 Å². The molecular formula is C24H27N3O3. The molecule has 5 rings (SSSR count). The van der Waals surface area contributed by atoms with E-state index in [1.165, 1.54) is 22.3 Å². The fourth-order valence-corrected chi connectivity index (χ4v) is 4.72. The topological polar surface area (TPSA) is 61.9 Å². The number of carbonyl (C=O) groups is 2. The SMILES string of the molecule is O=C(Nc1ccc2c(c1)Cc1ccccc1-2)C1CC(=O)N(CCN2CCOCC2)C1. The van der Waals surface area contributed by atoms with E-state index in [0.717, 1.165) is 45.0 Å². The number of hydrogen-bond acceptors (Lipinski definition) is 4. The molecule has 1 N–H and O–H groups in total. The minimum atomic E-state index is -0.285. The van der Waals surface area contributed by atoms with Crippen molar-refractivity contribution in [2.45, 2.75) is 12.8 Å². The van der Waals surface area contributed by atoms with Crippen LogP contribution >= 0.6 is 0 Å². The van der Waals surface area contributed by atoms with Crippen LogP contribution in [-0.4, -0.2) is 67.6 Å². The maximum Gasteiger partial charge on any atom is 0.229 e.